The van der Waals surface area contributed by atoms with E-state index in [1.165, 1.54) is 32.5 Å². The molecule has 7 rings (SSSR count). The highest BCUT2D eigenvalue weighted by atomic mass is 16.5. The highest BCUT2D eigenvalue weighted by molar-refractivity contribution is 6.15. The molecule has 0 radical (unpaired) electrons. The van der Waals surface area contributed by atoms with Crippen molar-refractivity contribution in [2.75, 3.05) is 34.5 Å². The number of esters is 1. The first kappa shape index (κ1) is 29.3. The minimum absolute atomic E-state index is 0.0642. The number of carbonyl (C=O) groups is 2. The summed E-state index contributed by atoms with van der Waals surface area (Å²) in [5, 5.41) is 0. The van der Waals surface area contributed by atoms with E-state index in [0.717, 1.165) is 17.7 Å². The van der Waals surface area contributed by atoms with Crippen LogP contribution in [0.1, 0.15) is 50.5 Å². The number of benzene rings is 4. The van der Waals surface area contributed by atoms with Crippen LogP contribution in [0.2, 0.25) is 0 Å². The highest BCUT2D eigenvalue weighted by Gasteiger charge is 2.39. The maximum atomic E-state index is 13.7. The van der Waals surface area contributed by atoms with Gasteiger partial charge in [0.1, 0.15) is 28.7 Å². The fraction of sp³-hybridized carbons (Fsp3) is 0.243. The van der Waals surface area contributed by atoms with Gasteiger partial charge in [-0.2, -0.15) is 0 Å². The number of hydrogen-bond acceptors (Lipinski definition) is 9. The fourth-order valence-electron chi connectivity index (χ4n) is 6.25. The summed E-state index contributed by atoms with van der Waals surface area (Å²) in [6.45, 7) is 1.16. The third-order valence-corrected chi connectivity index (χ3v) is 8.50. The number of methoxy groups -OCH3 is 3. The molecule has 9 heteroatoms. The molecule has 0 saturated heterocycles. The van der Waals surface area contributed by atoms with Crippen molar-refractivity contribution in [1.82, 2.24) is 0 Å². The van der Waals surface area contributed by atoms with E-state index in [-0.39, 0.29) is 23.9 Å². The van der Waals surface area contributed by atoms with E-state index in [1.54, 1.807) is 30.3 Å². The van der Waals surface area contributed by atoms with E-state index in [0.29, 0.717) is 70.8 Å². The summed E-state index contributed by atoms with van der Waals surface area (Å²) in [6.07, 6.45) is 3.31. The van der Waals surface area contributed by atoms with Crippen molar-refractivity contribution in [2.45, 2.75) is 25.2 Å². The number of rotatable bonds is 9. The second-order valence-corrected chi connectivity index (χ2v) is 11.2. The van der Waals surface area contributed by atoms with Crippen molar-refractivity contribution in [2.24, 2.45) is 0 Å². The molecule has 0 spiro atoms. The largest absolute Gasteiger partial charge is 0.496 e. The lowest BCUT2D eigenvalue weighted by molar-refractivity contribution is -0.135. The number of carbonyl (C=O) groups excluding carboxylic acids is 2. The zero-order valence-electron chi connectivity index (χ0n) is 25.7. The number of para-hydroxylation sites is 1. The van der Waals surface area contributed by atoms with Crippen LogP contribution in [-0.2, 0) is 17.6 Å². The summed E-state index contributed by atoms with van der Waals surface area (Å²) in [5.74, 6) is 2.75. The number of ether oxygens (including phenoxy) is 7. The van der Waals surface area contributed by atoms with Crippen molar-refractivity contribution in [3.63, 3.8) is 0 Å². The second-order valence-electron chi connectivity index (χ2n) is 11.2. The molecule has 46 heavy (non-hydrogen) atoms. The van der Waals surface area contributed by atoms with Gasteiger partial charge < -0.3 is 33.2 Å². The van der Waals surface area contributed by atoms with Crippen molar-refractivity contribution in [3.05, 3.63) is 106 Å². The molecule has 3 aliphatic rings. The molecule has 0 bridgehead atoms. The van der Waals surface area contributed by atoms with Crippen molar-refractivity contribution >= 4 is 17.8 Å². The lowest BCUT2D eigenvalue weighted by Crippen LogP contribution is -2.22. The Morgan fingerprint density at radius 1 is 0.826 bits per heavy atom. The van der Waals surface area contributed by atoms with Crippen LogP contribution >= 0.6 is 0 Å². The predicted molar refractivity (Wildman–Crippen MR) is 169 cm³/mol. The molecule has 0 amide bonds. The summed E-state index contributed by atoms with van der Waals surface area (Å²) in [4.78, 5) is 26.5. The summed E-state index contributed by atoms with van der Waals surface area (Å²) in [5.41, 5.74) is 4.78. The number of ketones is 1. The van der Waals surface area contributed by atoms with Crippen LogP contribution < -0.4 is 33.2 Å². The Bertz CT molecular complexity index is 1890. The molecule has 3 aliphatic heterocycles. The van der Waals surface area contributed by atoms with Crippen LogP contribution in [0, 0.1) is 0 Å². The Balaban J connectivity index is 1.20. The third kappa shape index (κ3) is 5.27. The highest BCUT2D eigenvalue weighted by Crippen LogP contribution is 2.50. The summed E-state index contributed by atoms with van der Waals surface area (Å²) in [7, 11) is 4.60. The van der Waals surface area contributed by atoms with E-state index in [9.17, 15) is 9.59 Å². The van der Waals surface area contributed by atoms with E-state index in [4.69, 9.17) is 33.2 Å². The molecule has 3 heterocycles. The molecule has 0 N–H and O–H groups in total. The fourth-order valence-corrected chi connectivity index (χ4v) is 6.25. The van der Waals surface area contributed by atoms with E-state index in [1.807, 2.05) is 30.3 Å². The summed E-state index contributed by atoms with van der Waals surface area (Å²) < 4.78 is 40.3. The third-order valence-electron chi connectivity index (χ3n) is 8.50. The van der Waals surface area contributed by atoms with Gasteiger partial charge in [-0.05, 0) is 47.5 Å². The maximum Gasteiger partial charge on any atom is 0.312 e. The summed E-state index contributed by atoms with van der Waals surface area (Å²) in [6, 6.07) is 20.6. The molecule has 0 saturated carbocycles. The van der Waals surface area contributed by atoms with Crippen molar-refractivity contribution in [1.29, 1.82) is 0 Å². The van der Waals surface area contributed by atoms with Crippen LogP contribution in [0.15, 0.2) is 72.5 Å². The van der Waals surface area contributed by atoms with Crippen LogP contribution in [0.25, 0.3) is 6.08 Å². The number of fused-ring (bicyclic) bond motifs is 4. The Morgan fingerprint density at radius 2 is 1.61 bits per heavy atom. The number of hydrogen-bond donors (Lipinski definition) is 0. The molecular formula is C37H32O9. The molecule has 0 unspecified atom stereocenters. The smallest absolute Gasteiger partial charge is 0.312 e. The van der Waals surface area contributed by atoms with Gasteiger partial charge in [-0.15, -0.1) is 0 Å². The second kappa shape index (κ2) is 12.2. The summed E-state index contributed by atoms with van der Waals surface area (Å²) >= 11 is 0. The van der Waals surface area contributed by atoms with Crippen molar-refractivity contribution in [3.8, 4) is 40.2 Å². The normalized spacial score (nSPS) is 16.9. The Morgan fingerprint density at radius 3 is 2.43 bits per heavy atom. The van der Waals surface area contributed by atoms with Gasteiger partial charge in [0.25, 0.3) is 0 Å². The zero-order valence-corrected chi connectivity index (χ0v) is 25.7. The van der Waals surface area contributed by atoms with Gasteiger partial charge in [0.2, 0.25) is 5.78 Å². The van der Waals surface area contributed by atoms with Gasteiger partial charge in [0.15, 0.2) is 17.3 Å². The van der Waals surface area contributed by atoms with Crippen LogP contribution in [0.4, 0.5) is 0 Å². The molecular weight excluding hydrogens is 588 g/mol. The molecule has 234 valence electrons. The van der Waals surface area contributed by atoms with E-state index >= 15 is 0 Å². The zero-order chi connectivity index (χ0) is 31.8. The monoisotopic (exact) mass is 620 g/mol. The Hall–Kier alpha value is -5.44. The topological polar surface area (TPSA) is 98.8 Å². The van der Waals surface area contributed by atoms with Gasteiger partial charge in [0, 0.05) is 41.5 Å². The quantitative estimate of drug-likeness (QED) is 0.121. The van der Waals surface area contributed by atoms with Crippen LogP contribution in [0.3, 0.4) is 0 Å². The Labute approximate surface area is 266 Å². The van der Waals surface area contributed by atoms with E-state index in [2.05, 4.69) is 12.1 Å². The molecule has 4 aromatic carbocycles. The lowest BCUT2D eigenvalue weighted by atomic mass is 9.84. The maximum absolute atomic E-state index is 13.7. The predicted octanol–water partition coefficient (Wildman–Crippen LogP) is 6.33. The van der Waals surface area contributed by atoms with Gasteiger partial charge in [-0.3, -0.25) is 9.59 Å². The van der Waals surface area contributed by atoms with Crippen LogP contribution in [-0.4, -0.2) is 46.3 Å². The molecule has 0 aromatic heterocycles. The van der Waals surface area contributed by atoms with Gasteiger partial charge in [-0.1, -0.05) is 30.3 Å². The first-order valence-corrected chi connectivity index (χ1v) is 15.1. The molecule has 9 nitrogen and oxygen atoms in total. The van der Waals surface area contributed by atoms with Gasteiger partial charge >= 0.3 is 5.97 Å². The average Bonchev–Trinajstić information content (AvgIpc) is 3.67. The van der Waals surface area contributed by atoms with E-state index < -0.39 is 5.92 Å². The molecule has 4 aromatic rings. The molecule has 1 atom stereocenters. The lowest BCUT2D eigenvalue weighted by Gasteiger charge is -2.27. The number of Topliss-reactive ketones (excluding diaryl/α,β-unsaturated/α-hetero) is 1. The number of allylic oxidation sites excluding steroid dienone is 1. The van der Waals surface area contributed by atoms with Crippen molar-refractivity contribution < 1.29 is 42.7 Å². The van der Waals surface area contributed by atoms with Gasteiger partial charge in [-0.25, -0.2) is 0 Å². The molecule has 0 aliphatic carbocycles. The molecule has 0 fully saturated rings. The van der Waals surface area contributed by atoms with Gasteiger partial charge in [0.05, 0.1) is 46.5 Å². The average molecular weight is 621 g/mol. The van der Waals surface area contributed by atoms with Crippen LogP contribution in [0.5, 0.6) is 40.2 Å². The first-order chi connectivity index (χ1) is 22.5. The SMILES string of the molecule is COc1cc(OC)c(OC)cc1/C=C1\Oc2c(ccc3c2[C@H](c2ccccc2OCCc2ccc4c(c2)CCO4)CC(=O)O3)C1=O. The minimum Gasteiger partial charge on any atom is -0.496 e. The Kier molecular flexibility index (Phi) is 7.74. The minimum atomic E-state index is -0.456. The standard InChI is InChI=1S/C37H32O9/c1-40-30-20-32(42-3)31(41-2)17-23(30)18-33-36(39)25-9-11-29-35(37(25)46-33)26(19-34(38)45-29)24-6-4-5-7-28(24)44-14-12-21-8-10-27-22(16-21)13-15-43-27/h4-11,16-18,20,26H,12-15,19H2,1-3H3/b33-18-/t26-/m0/s1. The first-order valence-electron chi connectivity index (χ1n) is 15.1.